The Morgan fingerprint density at radius 2 is 1.95 bits per heavy atom. The molecule has 1 heterocycles. The SMILES string of the molecule is N#CC(C#N)=Cc1ccc(O[C@@H]2COC[C@H]2O)cc1. The number of benzene rings is 1. The first-order valence-electron chi connectivity index (χ1n) is 5.77. The lowest BCUT2D eigenvalue weighted by Crippen LogP contribution is -2.29. The number of rotatable bonds is 3. The molecule has 2 atom stereocenters. The van der Waals surface area contributed by atoms with Crippen LogP contribution in [0.3, 0.4) is 0 Å². The Hall–Kier alpha value is -2.34. The molecule has 0 amide bonds. The van der Waals surface area contributed by atoms with E-state index in [0.717, 1.165) is 5.56 Å². The number of aliphatic hydroxyl groups is 1. The Balaban J connectivity index is 2.05. The van der Waals surface area contributed by atoms with Crippen molar-refractivity contribution in [2.75, 3.05) is 13.2 Å². The second-order valence-corrected chi connectivity index (χ2v) is 4.11. The average Bonchev–Trinajstić information content (AvgIpc) is 2.83. The molecule has 19 heavy (non-hydrogen) atoms. The van der Waals surface area contributed by atoms with Gasteiger partial charge in [-0.15, -0.1) is 0 Å². The third-order valence-corrected chi connectivity index (χ3v) is 2.72. The molecule has 0 spiro atoms. The van der Waals surface area contributed by atoms with E-state index in [4.69, 9.17) is 20.0 Å². The van der Waals surface area contributed by atoms with Crippen molar-refractivity contribution in [3.8, 4) is 17.9 Å². The predicted octanol–water partition coefficient (Wildman–Crippen LogP) is 1.26. The third-order valence-electron chi connectivity index (χ3n) is 2.72. The van der Waals surface area contributed by atoms with Gasteiger partial charge in [-0.25, -0.2) is 0 Å². The molecular formula is C14H12N2O3. The highest BCUT2D eigenvalue weighted by Gasteiger charge is 2.27. The Kier molecular flexibility index (Phi) is 4.15. The molecule has 96 valence electrons. The van der Waals surface area contributed by atoms with Crippen LogP contribution in [0.4, 0.5) is 0 Å². The first-order valence-corrected chi connectivity index (χ1v) is 5.77. The summed E-state index contributed by atoms with van der Waals surface area (Å²) in [6, 6.07) is 10.5. The molecule has 2 rings (SSSR count). The van der Waals surface area contributed by atoms with Crippen molar-refractivity contribution in [1.82, 2.24) is 0 Å². The maximum atomic E-state index is 9.56. The van der Waals surface area contributed by atoms with Crippen molar-refractivity contribution in [3.05, 3.63) is 35.4 Å². The zero-order valence-electron chi connectivity index (χ0n) is 10.1. The number of ether oxygens (including phenoxy) is 2. The second-order valence-electron chi connectivity index (χ2n) is 4.11. The molecule has 1 aromatic carbocycles. The van der Waals surface area contributed by atoms with E-state index >= 15 is 0 Å². The summed E-state index contributed by atoms with van der Waals surface area (Å²) in [6.07, 6.45) is 0.538. The van der Waals surface area contributed by atoms with Gasteiger partial charge in [-0.1, -0.05) is 12.1 Å². The molecular weight excluding hydrogens is 244 g/mol. The Labute approximate surface area is 110 Å². The summed E-state index contributed by atoms with van der Waals surface area (Å²) in [5.41, 5.74) is 0.793. The highest BCUT2D eigenvalue weighted by atomic mass is 16.6. The molecule has 0 unspecified atom stereocenters. The number of nitriles is 2. The summed E-state index contributed by atoms with van der Waals surface area (Å²) in [6.45, 7) is 0.662. The van der Waals surface area contributed by atoms with E-state index in [1.54, 1.807) is 36.4 Å². The topological polar surface area (TPSA) is 86.3 Å². The van der Waals surface area contributed by atoms with E-state index in [0.29, 0.717) is 19.0 Å². The number of hydrogen-bond donors (Lipinski definition) is 1. The summed E-state index contributed by atoms with van der Waals surface area (Å²) >= 11 is 0. The van der Waals surface area contributed by atoms with E-state index in [9.17, 15) is 5.11 Å². The van der Waals surface area contributed by atoms with Gasteiger partial charge >= 0.3 is 0 Å². The summed E-state index contributed by atoms with van der Waals surface area (Å²) in [5.74, 6) is 0.613. The van der Waals surface area contributed by atoms with Gasteiger partial charge in [0.15, 0.2) is 0 Å². The minimum absolute atomic E-state index is 0.0493. The summed E-state index contributed by atoms with van der Waals surface area (Å²) in [5, 5.41) is 26.9. The van der Waals surface area contributed by atoms with Gasteiger partial charge in [0.2, 0.25) is 0 Å². The summed E-state index contributed by atoms with van der Waals surface area (Å²) < 4.78 is 10.7. The molecule has 1 aromatic rings. The molecule has 1 fully saturated rings. The van der Waals surface area contributed by atoms with E-state index in [1.165, 1.54) is 6.08 Å². The normalized spacial score (nSPS) is 21.2. The molecule has 5 nitrogen and oxygen atoms in total. The lowest BCUT2D eigenvalue weighted by molar-refractivity contribution is 0.0733. The highest BCUT2D eigenvalue weighted by molar-refractivity contribution is 5.62. The van der Waals surface area contributed by atoms with Crippen LogP contribution in [0.5, 0.6) is 5.75 Å². The van der Waals surface area contributed by atoms with Gasteiger partial charge in [0.05, 0.1) is 13.2 Å². The van der Waals surface area contributed by atoms with Crippen LogP contribution in [0.15, 0.2) is 29.8 Å². The maximum Gasteiger partial charge on any atom is 0.150 e. The lowest BCUT2D eigenvalue weighted by atomic mass is 10.1. The van der Waals surface area contributed by atoms with Crippen LogP contribution in [0, 0.1) is 22.7 Å². The molecule has 1 saturated heterocycles. The van der Waals surface area contributed by atoms with E-state index < -0.39 is 6.10 Å². The van der Waals surface area contributed by atoms with Crippen LogP contribution in [-0.2, 0) is 4.74 Å². The van der Waals surface area contributed by atoms with Gasteiger partial charge in [-0.3, -0.25) is 0 Å². The zero-order valence-corrected chi connectivity index (χ0v) is 10.1. The third kappa shape index (κ3) is 3.32. The van der Waals surface area contributed by atoms with Gasteiger partial charge in [-0.2, -0.15) is 10.5 Å². The fourth-order valence-corrected chi connectivity index (χ4v) is 1.71. The number of allylic oxidation sites excluding steroid dienone is 1. The van der Waals surface area contributed by atoms with Crippen molar-refractivity contribution in [3.63, 3.8) is 0 Å². The van der Waals surface area contributed by atoms with E-state index in [1.807, 2.05) is 0 Å². The molecule has 5 heteroatoms. The number of nitrogens with zero attached hydrogens (tertiary/aromatic N) is 2. The van der Waals surface area contributed by atoms with Crippen LogP contribution in [0.2, 0.25) is 0 Å². The molecule has 0 aromatic heterocycles. The van der Waals surface area contributed by atoms with Crippen LogP contribution in [0.1, 0.15) is 5.56 Å². The molecule has 1 N–H and O–H groups in total. The zero-order chi connectivity index (χ0) is 13.7. The van der Waals surface area contributed by atoms with Gasteiger partial charge < -0.3 is 14.6 Å². The Bertz CT molecular complexity index is 536. The molecule has 0 bridgehead atoms. The Morgan fingerprint density at radius 1 is 1.26 bits per heavy atom. The van der Waals surface area contributed by atoms with E-state index in [2.05, 4.69) is 0 Å². The van der Waals surface area contributed by atoms with Gasteiger partial charge in [0.1, 0.15) is 35.7 Å². The molecule has 0 aliphatic carbocycles. The molecule has 0 saturated carbocycles. The average molecular weight is 256 g/mol. The minimum Gasteiger partial charge on any atom is -0.485 e. The Morgan fingerprint density at radius 3 is 2.47 bits per heavy atom. The fraction of sp³-hybridized carbons (Fsp3) is 0.286. The van der Waals surface area contributed by atoms with Crippen molar-refractivity contribution in [2.45, 2.75) is 12.2 Å². The van der Waals surface area contributed by atoms with Crippen LogP contribution >= 0.6 is 0 Å². The maximum absolute atomic E-state index is 9.56. The first kappa shape index (κ1) is 13.1. The fourth-order valence-electron chi connectivity index (χ4n) is 1.71. The van der Waals surface area contributed by atoms with Gasteiger partial charge in [-0.05, 0) is 23.8 Å². The molecule has 1 aliphatic rings. The van der Waals surface area contributed by atoms with Crippen molar-refractivity contribution in [2.24, 2.45) is 0 Å². The van der Waals surface area contributed by atoms with Gasteiger partial charge in [0.25, 0.3) is 0 Å². The standard InChI is InChI=1S/C14H12N2O3/c15-6-11(7-16)5-10-1-3-12(4-2-10)19-14-9-18-8-13(14)17/h1-5,13-14,17H,8-9H2/t13-,14-/m1/s1. The first-order chi connectivity index (χ1) is 9.22. The summed E-state index contributed by atoms with van der Waals surface area (Å²) in [4.78, 5) is 0. The molecule has 1 aliphatic heterocycles. The predicted molar refractivity (Wildman–Crippen MR) is 66.9 cm³/mol. The van der Waals surface area contributed by atoms with Crippen LogP contribution in [-0.4, -0.2) is 30.5 Å². The van der Waals surface area contributed by atoms with E-state index in [-0.39, 0.29) is 11.7 Å². The van der Waals surface area contributed by atoms with Gasteiger partial charge in [0, 0.05) is 0 Å². The lowest BCUT2D eigenvalue weighted by Gasteiger charge is -2.15. The quantitative estimate of drug-likeness (QED) is 0.822. The van der Waals surface area contributed by atoms with Crippen LogP contribution in [0.25, 0.3) is 6.08 Å². The van der Waals surface area contributed by atoms with Crippen molar-refractivity contribution >= 4 is 6.08 Å². The minimum atomic E-state index is -0.608. The summed E-state index contributed by atoms with van der Waals surface area (Å²) in [7, 11) is 0. The number of hydrogen-bond acceptors (Lipinski definition) is 5. The highest BCUT2D eigenvalue weighted by Crippen LogP contribution is 2.19. The second kappa shape index (κ2) is 6.01. The largest absolute Gasteiger partial charge is 0.485 e. The monoisotopic (exact) mass is 256 g/mol. The van der Waals surface area contributed by atoms with Crippen molar-refractivity contribution < 1.29 is 14.6 Å². The smallest absolute Gasteiger partial charge is 0.150 e. The van der Waals surface area contributed by atoms with Crippen LogP contribution < -0.4 is 4.74 Å². The van der Waals surface area contributed by atoms with Crippen molar-refractivity contribution in [1.29, 1.82) is 10.5 Å². The number of aliphatic hydroxyl groups excluding tert-OH is 1. The molecule has 0 radical (unpaired) electrons.